The number of likely N-dealkylation sites (N-methyl/N-ethyl adjacent to an activating group) is 1. The van der Waals surface area contributed by atoms with Gasteiger partial charge in [-0.2, -0.15) is 4.98 Å². The Bertz CT molecular complexity index is 529. The van der Waals surface area contributed by atoms with Crippen LogP contribution in [-0.2, 0) is 11.3 Å². The third kappa shape index (κ3) is 3.76. The van der Waals surface area contributed by atoms with Gasteiger partial charge < -0.3 is 9.63 Å². The van der Waals surface area contributed by atoms with Gasteiger partial charge in [-0.15, -0.1) is 23.7 Å². The molecular weight excluding hydrogens is 290 g/mol. The van der Waals surface area contributed by atoms with E-state index in [1.165, 1.54) is 11.3 Å². The second-order valence-corrected chi connectivity index (χ2v) is 4.87. The molecule has 19 heavy (non-hydrogen) atoms. The molecule has 2 rings (SSSR count). The summed E-state index contributed by atoms with van der Waals surface area (Å²) in [6.45, 7) is 1.92. The summed E-state index contributed by atoms with van der Waals surface area (Å²) >= 11 is 1.53. The molecule has 1 atom stereocenters. The quantitative estimate of drug-likeness (QED) is 0.911. The van der Waals surface area contributed by atoms with Crippen molar-refractivity contribution in [2.75, 3.05) is 7.05 Å². The van der Waals surface area contributed by atoms with Gasteiger partial charge in [-0.25, -0.2) is 0 Å². The molecule has 1 N–H and O–H groups in total. The van der Waals surface area contributed by atoms with Gasteiger partial charge in [-0.3, -0.25) is 9.69 Å². The molecule has 0 aliphatic rings. The summed E-state index contributed by atoms with van der Waals surface area (Å²) in [5.41, 5.74) is 0. The van der Waals surface area contributed by atoms with Crippen LogP contribution < -0.4 is 0 Å². The number of aliphatic carboxylic acids is 1. The van der Waals surface area contributed by atoms with Gasteiger partial charge in [0.25, 0.3) is 0 Å². The molecule has 0 fully saturated rings. The van der Waals surface area contributed by atoms with E-state index in [4.69, 9.17) is 9.63 Å². The minimum absolute atomic E-state index is 0. The summed E-state index contributed by atoms with van der Waals surface area (Å²) in [4.78, 5) is 17.6. The predicted octanol–water partition coefficient (Wildman–Crippen LogP) is 2.12. The van der Waals surface area contributed by atoms with Gasteiger partial charge >= 0.3 is 5.97 Å². The first kappa shape index (κ1) is 15.6. The van der Waals surface area contributed by atoms with Gasteiger partial charge in [0.2, 0.25) is 11.7 Å². The Morgan fingerprint density at radius 2 is 2.37 bits per heavy atom. The topological polar surface area (TPSA) is 79.5 Å². The lowest BCUT2D eigenvalue weighted by Gasteiger charge is -2.18. The molecule has 2 aromatic rings. The van der Waals surface area contributed by atoms with E-state index in [0.29, 0.717) is 18.3 Å². The molecule has 6 nitrogen and oxygen atoms in total. The third-order valence-corrected chi connectivity index (χ3v) is 3.48. The number of halogens is 1. The van der Waals surface area contributed by atoms with Gasteiger partial charge in [0, 0.05) is 0 Å². The maximum absolute atomic E-state index is 10.8. The van der Waals surface area contributed by atoms with Crippen molar-refractivity contribution in [2.45, 2.75) is 19.5 Å². The summed E-state index contributed by atoms with van der Waals surface area (Å²) in [5.74, 6) is 0.0703. The first-order chi connectivity index (χ1) is 8.58. The van der Waals surface area contributed by atoms with Crippen molar-refractivity contribution >= 4 is 29.7 Å². The van der Waals surface area contributed by atoms with Crippen molar-refractivity contribution in [1.29, 1.82) is 0 Å². The van der Waals surface area contributed by atoms with Crippen molar-refractivity contribution in [3.63, 3.8) is 0 Å². The highest BCUT2D eigenvalue weighted by Gasteiger charge is 2.19. The number of carboxylic acid groups (broad SMARTS) is 1. The molecule has 0 spiro atoms. The molecule has 2 heterocycles. The Morgan fingerprint density at radius 3 is 2.95 bits per heavy atom. The fourth-order valence-electron chi connectivity index (χ4n) is 1.36. The van der Waals surface area contributed by atoms with Crippen molar-refractivity contribution in [2.24, 2.45) is 0 Å². The average Bonchev–Trinajstić information content (AvgIpc) is 2.96. The standard InChI is InChI=1S/C11H13N3O3S.ClH/c1-7(11(15)16)14(2)6-9-12-10(13-17-9)8-4-3-5-18-8;/h3-5,7H,6H2,1-2H3,(H,15,16);1H. The number of carboxylic acids is 1. The van der Waals surface area contributed by atoms with Crippen LogP contribution in [0.15, 0.2) is 22.0 Å². The van der Waals surface area contributed by atoms with E-state index < -0.39 is 12.0 Å². The van der Waals surface area contributed by atoms with Gasteiger partial charge in [0.1, 0.15) is 6.04 Å². The Labute approximate surface area is 120 Å². The zero-order valence-corrected chi connectivity index (χ0v) is 12.1. The van der Waals surface area contributed by atoms with E-state index >= 15 is 0 Å². The Kier molecular flexibility index (Phi) is 5.46. The third-order valence-electron chi connectivity index (χ3n) is 2.61. The maximum Gasteiger partial charge on any atom is 0.320 e. The van der Waals surface area contributed by atoms with Crippen LogP contribution in [0.2, 0.25) is 0 Å². The molecule has 2 aromatic heterocycles. The summed E-state index contributed by atoms with van der Waals surface area (Å²) in [7, 11) is 1.70. The molecule has 1 unspecified atom stereocenters. The van der Waals surface area contributed by atoms with E-state index in [2.05, 4.69) is 10.1 Å². The van der Waals surface area contributed by atoms with Crippen LogP contribution in [-0.4, -0.2) is 39.2 Å². The largest absolute Gasteiger partial charge is 0.480 e. The Balaban J connectivity index is 0.00000180. The van der Waals surface area contributed by atoms with E-state index in [-0.39, 0.29) is 12.4 Å². The highest BCUT2D eigenvalue weighted by molar-refractivity contribution is 7.13. The number of hydrogen-bond donors (Lipinski definition) is 1. The number of carbonyl (C=O) groups is 1. The monoisotopic (exact) mass is 303 g/mol. The van der Waals surface area contributed by atoms with Crippen molar-refractivity contribution < 1.29 is 14.4 Å². The highest BCUT2D eigenvalue weighted by atomic mass is 35.5. The summed E-state index contributed by atoms with van der Waals surface area (Å²) < 4.78 is 5.10. The second kappa shape index (κ2) is 6.65. The molecular formula is C11H14ClN3O3S. The van der Waals surface area contributed by atoms with Crippen LogP contribution >= 0.6 is 23.7 Å². The normalized spacial score (nSPS) is 12.2. The number of hydrogen-bond acceptors (Lipinski definition) is 6. The lowest BCUT2D eigenvalue weighted by Crippen LogP contribution is -2.35. The molecule has 0 amide bonds. The first-order valence-corrected chi connectivity index (χ1v) is 6.25. The lowest BCUT2D eigenvalue weighted by atomic mass is 10.3. The Morgan fingerprint density at radius 1 is 1.63 bits per heavy atom. The molecule has 104 valence electrons. The minimum Gasteiger partial charge on any atom is -0.480 e. The maximum atomic E-state index is 10.8. The van der Waals surface area contributed by atoms with Gasteiger partial charge in [-0.1, -0.05) is 11.2 Å². The van der Waals surface area contributed by atoms with Gasteiger partial charge in [-0.05, 0) is 25.4 Å². The van der Waals surface area contributed by atoms with E-state index in [1.807, 2.05) is 17.5 Å². The molecule has 0 aromatic carbocycles. The zero-order chi connectivity index (χ0) is 13.1. The van der Waals surface area contributed by atoms with Crippen LogP contribution in [0.25, 0.3) is 10.7 Å². The number of thiophene rings is 1. The second-order valence-electron chi connectivity index (χ2n) is 3.92. The van der Waals surface area contributed by atoms with Crippen LogP contribution in [0.3, 0.4) is 0 Å². The molecule has 0 saturated carbocycles. The molecule has 0 saturated heterocycles. The van der Waals surface area contributed by atoms with Crippen molar-refractivity contribution in [1.82, 2.24) is 15.0 Å². The predicted molar refractivity (Wildman–Crippen MR) is 73.4 cm³/mol. The van der Waals surface area contributed by atoms with Crippen LogP contribution in [0, 0.1) is 0 Å². The van der Waals surface area contributed by atoms with E-state index in [9.17, 15) is 4.79 Å². The first-order valence-electron chi connectivity index (χ1n) is 5.37. The SMILES string of the molecule is CC(C(=O)O)N(C)Cc1nc(-c2cccs2)no1.Cl. The highest BCUT2D eigenvalue weighted by Crippen LogP contribution is 2.21. The fraction of sp³-hybridized carbons (Fsp3) is 0.364. The number of nitrogens with zero attached hydrogens (tertiary/aromatic N) is 3. The van der Waals surface area contributed by atoms with E-state index in [1.54, 1.807) is 18.9 Å². The minimum atomic E-state index is -0.879. The zero-order valence-electron chi connectivity index (χ0n) is 10.4. The fourth-order valence-corrected chi connectivity index (χ4v) is 2.01. The summed E-state index contributed by atoms with van der Waals surface area (Å²) in [6.07, 6.45) is 0. The summed E-state index contributed by atoms with van der Waals surface area (Å²) in [5, 5.41) is 14.7. The van der Waals surface area contributed by atoms with Crippen molar-refractivity contribution in [3.05, 3.63) is 23.4 Å². The van der Waals surface area contributed by atoms with Crippen LogP contribution in [0.4, 0.5) is 0 Å². The molecule has 0 radical (unpaired) electrons. The average molecular weight is 304 g/mol. The lowest BCUT2D eigenvalue weighted by molar-refractivity contribution is -0.142. The van der Waals surface area contributed by atoms with E-state index in [0.717, 1.165) is 4.88 Å². The Hall–Kier alpha value is -1.44. The van der Waals surface area contributed by atoms with Gasteiger partial charge in [0.15, 0.2) is 0 Å². The molecule has 0 aliphatic heterocycles. The van der Waals surface area contributed by atoms with Crippen molar-refractivity contribution in [3.8, 4) is 10.7 Å². The number of aromatic nitrogens is 2. The molecule has 0 bridgehead atoms. The van der Waals surface area contributed by atoms with Gasteiger partial charge in [0.05, 0.1) is 11.4 Å². The molecule has 0 aliphatic carbocycles. The van der Waals surface area contributed by atoms with Crippen LogP contribution in [0.1, 0.15) is 12.8 Å². The van der Waals surface area contributed by atoms with Crippen LogP contribution in [0.5, 0.6) is 0 Å². The molecule has 8 heteroatoms. The smallest absolute Gasteiger partial charge is 0.320 e. The summed E-state index contributed by atoms with van der Waals surface area (Å²) in [6, 6.07) is 3.22. The number of rotatable bonds is 5.